The number of ether oxygens (including phenoxy) is 1. The number of nitrogens with zero attached hydrogens (tertiary/aromatic N) is 1. The molecule has 0 spiro atoms. The summed E-state index contributed by atoms with van der Waals surface area (Å²) in [5.74, 6) is -1.70. The van der Waals surface area contributed by atoms with Crippen molar-refractivity contribution in [3.8, 4) is 5.75 Å². The highest BCUT2D eigenvalue weighted by Gasteiger charge is 2.23. The third-order valence-corrected chi connectivity index (χ3v) is 2.94. The van der Waals surface area contributed by atoms with E-state index in [9.17, 15) is 14.4 Å². The molecule has 1 aliphatic heterocycles. The van der Waals surface area contributed by atoms with Crippen LogP contribution in [0.2, 0.25) is 0 Å². The predicted octanol–water partition coefficient (Wildman–Crippen LogP) is 0.670. The molecule has 0 fully saturated rings. The number of aromatic nitrogens is 2. The van der Waals surface area contributed by atoms with Crippen molar-refractivity contribution in [2.75, 3.05) is 11.9 Å². The number of hydrogen-bond donors (Lipinski definition) is 3. The first-order valence-electron chi connectivity index (χ1n) is 5.94. The number of imidazole rings is 1. The van der Waals surface area contributed by atoms with Crippen molar-refractivity contribution < 1.29 is 24.2 Å². The van der Waals surface area contributed by atoms with Crippen molar-refractivity contribution in [2.45, 2.75) is 0 Å². The van der Waals surface area contributed by atoms with Gasteiger partial charge in [-0.2, -0.15) is 0 Å². The van der Waals surface area contributed by atoms with Crippen LogP contribution >= 0.6 is 0 Å². The van der Waals surface area contributed by atoms with Gasteiger partial charge in [-0.3, -0.25) is 9.59 Å². The van der Waals surface area contributed by atoms with Gasteiger partial charge >= 0.3 is 5.97 Å². The second-order valence-electron chi connectivity index (χ2n) is 4.31. The van der Waals surface area contributed by atoms with Gasteiger partial charge in [0.25, 0.3) is 5.91 Å². The van der Waals surface area contributed by atoms with Gasteiger partial charge in [0.15, 0.2) is 12.3 Å². The molecule has 0 saturated carbocycles. The molecule has 0 aliphatic carbocycles. The van der Waals surface area contributed by atoms with Gasteiger partial charge in [0.05, 0.1) is 12.0 Å². The molecule has 8 heteroatoms. The SMILES string of the molecule is O=C1COc2ccc(C(=O)c3nc[nH]c3C(=O)O)cc2N1. The number of aromatic carboxylic acids is 1. The van der Waals surface area contributed by atoms with Crippen molar-refractivity contribution in [1.82, 2.24) is 9.97 Å². The Hall–Kier alpha value is -3.16. The fraction of sp³-hybridized carbons (Fsp3) is 0.0769. The summed E-state index contributed by atoms with van der Waals surface area (Å²) in [5, 5.41) is 11.6. The highest BCUT2D eigenvalue weighted by atomic mass is 16.5. The van der Waals surface area contributed by atoms with E-state index in [-0.39, 0.29) is 29.5 Å². The van der Waals surface area contributed by atoms with Crippen LogP contribution < -0.4 is 10.1 Å². The predicted molar refractivity (Wildman–Crippen MR) is 69.5 cm³/mol. The van der Waals surface area contributed by atoms with E-state index in [0.717, 1.165) is 6.33 Å². The molecule has 3 N–H and O–H groups in total. The number of H-pyrrole nitrogens is 1. The molecule has 1 aromatic heterocycles. The van der Waals surface area contributed by atoms with Crippen molar-refractivity contribution in [3.05, 3.63) is 41.5 Å². The molecule has 0 saturated heterocycles. The highest BCUT2D eigenvalue weighted by Crippen LogP contribution is 2.29. The van der Waals surface area contributed by atoms with E-state index in [1.807, 2.05) is 0 Å². The molecular weight excluding hydrogens is 278 g/mol. The Morgan fingerprint density at radius 2 is 2.14 bits per heavy atom. The zero-order valence-electron chi connectivity index (χ0n) is 10.5. The molecule has 2 aromatic rings. The lowest BCUT2D eigenvalue weighted by molar-refractivity contribution is -0.118. The smallest absolute Gasteiger partial charge is 0.354 e. The summed E-state index contributed by atoms with van der Waals surface area (Å²) in [6, 6.07) is 4.45. The van der Waals surface area contributed by atoms with Crippen molar-refractivity contribution in [2.24, 2.45) is 0 Å². The minimum atomic E-state index is -1.27. The highest BCUT2D eigenvalue weighted by molar-refractivity contribution is 6.13. The van der Waals surface area contributed by atoms with Gasteiger partial charge in [-0.15, -0.1) is 0 Å². The monoisotopic (exact) mass is 287 g/mol. The number of anilines is 1. The van der Waals surface area contributed by atoms with Crippen molar-refractivity contribution in [1.29, 1.82) is 0 Å². The molecule has 1 aromatic carbocycles. The van der Waals surface area contributed by atoms with Gasteiger partial charge in [0.1, 0.15) is 11.4 Å². The normalized spacial score (nSPS) is 13.0. The van der Waals surface area contributed by atoms with Crippen LogP contribution in [-0.2, 0) is 4.79 Å². The summed E-state index contributed by atoms with van der Waals surface area (Å²) in [5.41, 5.74) is 0.0992. The van der Waals surface area contributed by atoms with E-state index in [4.69, 9.17) is 9.84 Å². The lowest BCUT2D eigenvalue weighted by atomic mass is 10.1. The number of fused-ring (bicyclic) bond motifs is 1. The van der Waals surface area contributed by atoms with Crippen molar-refractivity contribution in [3.63, 3.8) is 0 Å². The number of rotatable bonds is 3. The van der Waals surface area contributed by atoms with Gasteiger partial charge < -0.3 is 20.1 Å². The van der Waals surface area contributed by atoms with Crippen LogP contribution in [0.4, 0.5) is 5.69 Å². The van der Waals surface area contributed by atoms with Crippen LogP contribution in [0.3, 0.4) is 0 Å². The number of benzene rings is 1. The molecule has 0 atom stereocenters. The Morgan fingerprint density at radius 3 is 2.90 bits per heavy atom. The number of carbonyl (C=O) groups excluding carboxylic acids is 2. The van der Waals surface area contributed by atoms with Gasteiger partial charge in [-0.05, 0) is 18.2 Å². The molecule has 0 bridgehead atoms. The maximum Gasteiger partial charge on any atom is 0.354 e. The lowest BCUT2D eigenvalue weighted by Gasteiger charge is -2.18. The first kappa shape index (κ1) is 12.9. The van der Waals surface area contributed by atoms with Gasteiger partial charge in [0, 0.05) is 5.56 Å². The molecule has 0 unspecified atom stereocenters. The van der Waals surface area contributed by atoms with E-state index in [0.29, 0.717) is 11.4 Å². The Bertz CT molecular complexity index is 765. The average molecular weight is 287 g/mol. The molecule has 2 heterocycles. The lowest BCUT2D eigenvalue weighted by Crippen LogP contribution is -2.25. The molecule has 0 radical (unpaired) electrons. The molecule has 21 heavy (non-hydrogen) atoms. The number of carboxylic acid groups (broad SMARTS) is 1. The van der Waals surface area contributed by atoms with Crippen LogP contribution in [0.5, 0.6) is 5.75 Å². The minimum absolute atomic E-state index is 0.0805. The fourth-order valence-corrected chi connectivity index (χ4v) is 1.99. The average Bonchev–Trinajstić information content (AvgIpc) is 2.95. The number of amides is 1. The summed E-state index contributed by atoms with van der Waals surface area (Å²) in [6.07, 6.45) is 1.14. The zero-order valence-corrected chi connectivity index (χ0v) is 10.5. The Kier molecular flexibility index (Phi) is 2.90. The maximum atomic E-state index is 12.3. The molecule has 3 rings (SSSR count). The second-order valence-corrected chi connectivity index (χ2v) is 4.31. The van der Waals surface area contributed by atoms with E-state index >= 15 is 0 Å². The van der Waals surface area contributed by atoms with E-state index < -0.39 is 11.8 Å². The largest absolute Gasteiger partial charge is 0.482 e. The number of carbonyl (C=O) groups is 3. The number of aromatic amines is 1. The van der Waals surface area contributed by atoms with Crippen LogP contribution in [0.1, 0.15) is 26.5 Å². The second kappa shape index (κ2) is 4.75. The first-order valence-corrected chi connectivity index (χ1v) is 5.94. The third-order valence-electron chi connectivity index (χ3n) is 2.94. The van der Waals surface area contributed by atoms with Gasteiger partial charge in [-0.25, -0.2) is 9.78 Å². The summed E-state index contributed by atoms with van der Waals surface area (Å²) in [7, 11) is 0. The summed E-state index contributed by atoms with van der Waals surface area (Å²) >= 11 is 0. The van der Waals surface area contributed by atoms with Crippen LogP contribution in [0.25, 0.3) is 0 Å². The zero-order chi connectivity index (χ0) is 15.0. The van der Waals surface area contributed by atoms with Crippen LogP contribution in [0, 0.1) is 0 Å². The molecule has 8 nitrogen and oxygen atoms in total. The number of nitrogens with one attached hydrogen (secondary N) is 2. The van der Waals surface area contributed by atoms with Crippen molar-refractivity contribution >= 4 is 23.3 Å². The summed E-state index contributed by atoms with van der Waals surface area (Å²) in [6.45, 7) is -0.0805. The van der Waals surface area contributed by atoms with Crippen LogP contribution in [0.15, 0.2) is 24.5 Å². The van der Waals surface area contributed by atoms with E-state index in [2.05, 4.69) is 15.3 Å². The Morgan fingerprint density at radius 1 is 1.33 bits per heavy atom. The summed E-state index contributed by atoms with van der Waals surface area (Å²) < 4.78 is 5.18. The van der Waals surface area contributed by atoms with E-state index in [1.165, 1.54) is 18.2 Å². The van der Waals surface area contributed by atoms with Gasteiger partial charge in [0.2, 0.25) is 5.78 Å². The number of carboxylic acids is 1. The quantitative estimate of drug-likeness (QED) is 0.713. The standard InChI is InChI=1S/C13H9N3O5/c17-9-4-21-8-2-1-6(3-7(8)16-9)12(18)10-11(13(19)20)15-5-14-10/h1-3,5H,4H2,(H,14,15)(H,16,17)(H,19,20). The van der Waals surface area contributed by atoms with Crippen LogP contribution in [-0.4, -0.2) is 39.3 Å². The van der Waals surface area contributed by atoms with Gasteiger partial charge in [-0.1, -0.05) is 0 Å². The topological polar surface area (TPSA) is 121 Å². The fourth-order valence-electron chi connectivity index (χ4n) is 1.99. The molecular formula is C13H9N3O5. The Labute approximate surface area is 117 Å². The summed E-state index contributed by atoms with van der Waals surface area (Å²) in [4.78, 5) is 40.7. The Balaban J connectivity index is 1.99. The van der Waals surface area contributed by atoms with E-state index in [1.54, 1.807) is 0 Å². The number of ketones is 1. The maximum absolute atomic E-state index is 12.3. The molecule has 1 amide bonds. The first-order chi connectivity index (χ1) is 10.1. The minimum Gasteiger partial charge on any atom is -0.482 e. The third kappa shape index (κ3) is 2.22. The number of hydrogen-bond acceptors (Lipinski definition) is 5. The molecule has 1 aliphatic rings. The molecule has 106 valence electrons.